The second-order valence-corrected chi connectivity index (χ2v) is 11.1. The zero-order valence-corrected chi connectivity index (χ0v) is 24.3. The molecule has 13 heteroatoms. The number of alkyl halides is 3. The Balaban J connectivity index is 1.72. The van der Waals surface area contributed by atoms with Gasteiger partial charge in [0.1, 0.15) is 12.6 Å². The summed E-state index contributed by atoms with van der Waals surface area (Å²) in [5.74, 6) is -0.767. The largest absolute Gasteiger partial charge is 0.466 e. The first-order chi connectivity index (χ1) is 21.0. The van der Waals surface area contributed by atoms with E-state index in [0.717, 1.165) is 50.2 Å². The Bertz CT molecular complexity index is 1750. The molecule has 3 aromatic rings. The van der Waals surface area contributed by atoms with Crippen molar-refractivity contribution in [1.29, 1.82) is 10.5 Å². The molecule has 0 amide bonds. The van der Waals surface area contributed by atoms with Crippen LogP contribution in [0, 0.1) is 22.7 Å². The first-order valence-electron chi connectivity index (χ1n) is 14.2. The van der Waals surface area contributed by atoms with Gasteiger partial charge in [0.15, 0.2) is 0 Å². The molecule has 2 aliphatic heterocycles. The van der Waals surface area contributed by atoms with Gasteiger partial charge in [-0.2, -0.15) is 23.7 Å². The van der Waals surface area contributed by atoms with Crippen molar-refractivity contribution in [1.82, 2.24) is 14.8 Å². The fraction of sp³-hybridized carbons (Fsp3) is 0.387. The molecule has 1 saturated heterocycles. The van der Waals surface area contributed by atoms with Crippen LogP contribution in [0.15, 0.2) is 58.5 Å². The second kappa shape index (κ2) is 12.0. The van der Waals surface area contributed by atoms with E-state index in [1.807, 2.05) is 0 Å². The first kappa shape index (κ1) is 30.6. The molecule has 0 spiro atoms. The van der Waals surface area contributed by atoms with Crippen molar-refractivity contribution in [2.45, 2.75) is 51.4 Å². The Morgan fingerprint density at radius 3 is 2.59 bits per heavy atom. The number of anilines is 2. The molecular formula is C31H31F3N7O3+. The predicted octanol–water partition coefficient (Wildman–Crippen LogP) is 5.06. The number of aromatic nitrogens is 3. The van der Waals surface area contributed by atoms with Gasteiger partial charge in [-0.3, -0.25) is 4.90 Å². The number of allylic oxidation sites excluding steroid dienone is 1. The first-order valence-corrected chi connectivity index (χ1v) is 14.2. The van der Waals surface area contributed by atoms with Crippen molar-refractivity contribution in [3.63, 3.8) is 0 Å². The predicted molar refractivity (Wildman–Crippen MR) is 153 cm³/mol. The third kappa shape index (κ3) is 5.58. The number of nitrogens with zero attached hydrogens (tertiary/aromatic N) is 6. The Kier molecular flexibility index (Phi) is 8.35. The van der Waals surface area contributed by atoms with E-state index in [1.165, 1.54) is 28.7 Å². The lowest BCUT2D eigenvalue weighted by Gasteiger charge is -2.38. The average Bonchev–Trinajstić information content (AvgIpc) is 3.62. The number of fused-ring (bicyclic) bond motifs is 1. The fourth-order valence-electron chi connectivity index (χ4n) is 6.48. The van der Waals surface area contributed by atoms with Crippen LogP contribution in [0.5, 0.6) is 0 Å². The molecule has 1 atom stereocenters. The smallest absolute Gasteiger partial charge is 0.416 e. The van der Waals surface area contributed by atoms with Gasteiger partial charge in [-0.25, -0.2) is 19.3 Å². The quantitative estimate of drug-likeness (QED) is 0.216. The lowest BCUT2D eigenvalue weighted by atomic mass is 9.89. The van der Waals surface area contributed by atoms with E-state index in [4.69, 9.17) is 10.00 Å². The molecule has 0 unspecified atom stereocenters. The number of rotatable bonds is 8. The SMILES string of the molecule is COC(=O)C1=C(C)N(c2cccc(C(F)(F)F)c2)c2n[nH]c(=O)n2[C@@H]1c1ccc(C#N)cc1C[N+]1(CCCC#N)CCCC1. The lowest BCUT2D eigenvalue weighted by Crippen LogP contribution is -2.46. The minimum absolute atomic E-state index is 0.00104. The average molecular weight is 607 g/mol. The number of H-pyrrole nitrogens is 1. The topological polar surface area (TPSA) is 128 Å². The number of nitrogens with one attached hydrogen (secondary N) is 1. The minimum Gasteiger partial charge on any atom is -0.466 e. The molecule has 10 nitrogen and oxygen atoms in total. The van der Waals surface area contributed by atoms with Crippen molar-refractivity contribution in [2.75, 3.05) is 31.6 Å². The summed E-state index contributed by atoms with van der Waals surface area (Å²) in [5.41, 5.74) is 0.475. The molecule has 5 rings (SSSR count). The number of unbranched alkanes of at least 4 members (excludes halogenated alkanes) is 1. The molecule has 0 radical (unpaired) electrons. The van der Waals surface area contributed by atoms with Crippen LogP contribution in [-0.4, -0.2) is 52.0 Å². The number of ether oxygens (including phenoxy) is 1. The Morgan fingerprint density at radius 1 is 1.18 bits per heavy atom. The van der Waals surface area contributed by atoms with E-state index >= 15 is 0 Å². The Hall–Kier alpha value is -4.88. The van der Waals surface area contributed by atoms with Crippen LogP contribution >= 0.6 is 0 Å². The Morgan fingerprint density at radius 2 is 1.93 bits per heavy atom. The summed E-state index contributed by atoms with van der Waals surface area (Å²) in [6, 6.07) is 12.9. The van der Waals surface area contributed by atoms with Gasteiger partial charge in [0.05, 0.1) is 55.6 Å². The van der Waals surface area contributed by atoms with Gasteiger partial charge in [0, 0.05) is 42.6 Å². The fourth-order valence-corrected chi connectivity index (χ4v) is 6.48. The van der Waals surface area contributed by atoms with Crippen LogP contribution in [0.2, 0.25) is 0 Å². The standard InChI is InChI=1S/C31H30F3N7O3/c1-20-26(28(42)44-2)27(40-29(37-38-30(40)43)39(20)24-9-7-8-23(17-24)31(32,33)34)25-11-10-21(18-36)16-22(25)19-41(13-4-3-12-35)14-5-6-15-41/h7-11,16-17,27H,3-6,13-15,19H2,1-2H3/p+1/t27-/m1/s1. The van der Waals surface area contributed by atoms with Gasteiger partial charge in [-0.1, -0.05) is 12.1 Å². The van der Waals surface area contributed by atoms with Gasteiger partial charge in [0.2, 0.25) is 5.95 Å². The molecule has 0 aliphatic carbocycles. The number of carbonyl (C=O) groups is 1. The van der Waals surface area contributed by atoms with E-state index in [1.54, 1.807) is 25.1 Å². The molecule has 1 N–H and O–H groups in total. The molecule has 44 heavy (non-hydrogen) atoms. The van der Waals surface area contributed by atoms with Crippen LogP contribution in [0.1, 0.15) is 60.9 Å². The number of methoxy groups -OCH3 is 1. The lowest BCUT2D eigenvalue weighted by molar-refractivity contribution is -0.929. The van der Waals surface area contributed by atoms with E-state index in [-0.39, 0.29) is 22.9 Å². The number of benzene rings is 2. The highest BCUT2D eigenvalue weighted by Gasteiger charge is 2.42. The maximum Gasteiger partial charge on any atom is 0.416 e. The third-order valence-electron chi connectivity index (χ3n) is 8.49. The summed E-state index contributed by atoms with van der Waals surface area (Å²) in [7, 11) is 1.20. The number of hydrogen-bond acceptors (Lipinski definition) is 7. The van der Waals surface area contributed by atoms with Crippen molar-refractivity contribution >= 4 is 17.6 Å². The monoisotopic (exact) mass is 606 g/mol. The number of likely N-dealkylation sites (tertiary alicyclic amines) is 1. The molecule has 2 aliphatic rings. The van der Waals surface area contributed by atoms with E-state index in [9.17, 15) is 28.0 Å². The maximum atomic E-state index is 13.7. The summed E-state index contributed by atoms with van der Waals surface area (Å²) in [6.45, 7) is 4.59. The maximum absolute atomic E-state index is 13.7. The summed E-state index contributed by atoms with van der Waals surface area (Å²) in [6.07, 6.45) is -1.49. The van der Waals surface area contributed by atoms with Crippen molar-refractivity contribution in [2.24, 2.45) is 0 Å². The Labute approximate surface area is 251 Å². The zero-order chi connectivity index (χ0) is 31.6. The summed E-state index contributed by atoms with van der Waals surface area (Å²) in [5, 5.41) is 25.5. The van der Waals surface area contributed by atoms with Gasteiger partial charge in [-0.05, 0) is 42.8 Å². The van der Waals surface area contributed by atoms with Crippen molar-refractivity contribution in [3.05, 3.63) is 86.5 Å². The number of nitriles is 2. The van der Waals surface area contributed by atoms with Crippen LogP contribution in [0.4, 0.5) is 24.8 Å². The number of carbonyl (C=O) groups excluding carboxylic acids is 1. The molecule has 228 valence electrons. The molecule has 2 aromatic carbocycles. The zero-order valence-electron chi connectivity index (χ0n) is 24.3. The second-order valence-electron chi connectivity index (χ2n) is 11.1. The normalized spacial score (nSPS) is 17.6. The molecule has 1 aromatic heterocycles. The van der Waals surface area contributed by atoms with Crippen LogP contribution in [0.25, 0.3) is 0 Å². The van der Waals surface area contributed by atoms with Crippen LogP contribution in [-0.2, 0) is 22.3 Å². The summed E-state index contributed by atoms with van der Waals surface area (Å²) in [4.78, 5) is 28.2. The number of esters is 1. The summed E-state index contributed by atoms with van der Waals surface area (Å²) < 4.78 is 48.1. The van der Waals surface area contributed by atoms with Crippen molar-refractivity contribution in [3.8, 4) is 12.1 Å². The van der Waals surface area contributed by atoms with Gasteiger partial charge >= 0.3 is 17.8 Å². The number of hydrogen-bond donors (Lipinski definition) is 1. The van der Waals surface area contributed by atoms with Crippen LogP contribution in [0.3, 0.4) is 0 Å². The number of halogens is 3. The third-order valence-corrected chi connectivity index (χ3v) is 8.49. The van der Waals surface area contributed by atoms with Crippen molar-refractivity contribution < 1.29 is 27.2 Å². The molecule has 1 fully saturated rings. The van der Waals surface area contributed by atoms with Crippen LogP contribution < -0.4 is 10.6 Å². The number of quaternary nitrogens is 1. The summed E-state index contributed by atoms with van der Waals surface area (Å²) >= 11 is 0. The molecule has 3 heterocycles. The van der Waals surface area contributed by atoms with Gasteiger partial charge < -0.3 is 9.22 Å². The molecule has 0 saturated carbocycles. The molecular weight excluding hydrogens is 575 g/mol. The van der Waals surface area contributed by atoms with Gasteiger partial charge in [0.25, 0.3) is 0 Å². The van der Waals surface area contributed by atoms with E-state index in [2.05, 4.69) is 22.3 Å². The minimum atomic E-state index is -4.62. The van der Waals surface area contributed by atoms with E-state index in [0.29, 0.717) is 35.0 Å². The molecule has 0 bridgehead atoms. The highest BCUT2D eigenvalue weighted by atomic mass is 19.4. The highest BCUT2D eigenvalue weighted by molar-refractivity contribution is 5.93. The van der Waals surface area contributed by atoms with E-state index < -0.39 is 29.4 Å². The highest BCUT2D eigenvalue weighted by Crippen LogP contribution is 2.44. The number of aromatic amines is 1. The van der Waals surface area contributed by atoms with Gasteiger partial charge in [-0.15, -0.1) is 5.10 Å².